The fraction of sp³-hybridized carbons (Fsp3) is 0.188. The topological polar surface area (TPSA) is 46.5 Å². The Morgan fingerprint density at radius 3 is 2.25 bits per heavy atom. The number of hydrogen-bond acceptors (Lipinski definition) is 2. The third-order valence-electron chi connectivity index (χ3n) is 3.00. The summed E-state index contributed by atoms with van der Waals surface area (Å²) in [6.07, 6.45) is 0. The van der Waals surface area contributed by atoms with Crippen LogP contribution in [0.25, 0.3) is 0 Å². The van der Waals surface area contributed by atoms with Gasteiger partial charge >= 0.3 is 5.97 Å². The number of carbonyl (C=O) groups is 1. The molecule has 1 N–H and O–H groups in total. The van der Waals surface area contributed by atoms with Crippen molar-refractivity contribution in [3.05, 3.63) is 57.6 Å². The number of rotatable bonds is 3. The zero-order valence-corrected chi connectivity index (χ0v) is 12.3. The molecule has 0 fully saturated rings. The van der Waals surface area contributed by atoms with Gasteiger partial charge in [0.15, 0.2) is 0 Å². The summed E-state index contributed by atoms with van der Waals surface area (Å²) >= 11 is 5.98. The first-order valence-corrected chi connectivity index (χ1v) is 6.55. The summed E-state index contributed by atoms with van der Waals surface area (Å²) in [5.74, 6) is -0.0367. The number of carboxylic acid groups (broad SMARTS) is 1. The van der Waals surface area contributed by atoms with Gasteiger partial charge in [0.1, 0.15) is 17.1 Å². The minimum Gasteiger partial charge on any atom is -0.478 e. The van der Waals surface area contributed by atoms with Gasteiger partial charge in [-0.15, -0.1) is 0 Å². The van der Waals surface area contributed by atoms with Gasteiger partial charge in [-0.25, -0.2) is 4.79 Å². The van der Waals surface area contributed by atoms with Crippen molar-refractivity contribution in [2.45, 2.75) is 20.8 Å². The van der Waals surface area contributed by atoms with Crippen LogP contribution in [0.1, 0.15) is 27.0 Å². The number of aryl methyl sites for hydroxylation is 3. The molecule has 0 atom stereocenters. The summed E-state index contributed by atoms with van der Waals surface area (Å²) in [7, 11) is 0. The highest BCUT2D eigenvalue weighted by molar-refractivity contribution is 6.30. The standard InChI is InChI=1S/C16H15ClO3/c1-9-4-5-14(13(6-9)16(18)19)20-15-10(2)7-12(17)8-11(15)3/h4-8H,1-3H3,(H,18,19). The van der Waals surface area contributed by atoms with E-state index in [1.54, 1.807) is 24.3 Å². The summed E-state index contributed by atoms with van der Waals surface area (Å²) in [4.78, 5) is 11.3. The normalized spacial score (nSPS) is 10.4. The first-order chi connectivity index (χ1) is 9.38. The van der Waals surface area contributed by atoms with Crippen molar-refractivity contribution in [3.63, 3.8) is 0 Å². The number of benzene rings is 2. The number of hydrogen-bond donors (Lipinski definition) is 1. The molecule has 0 amide bonds. The van der Waals surface area contributed by atoms with E-state index in [4.69, 9.17) is 16.3 Å². The first-order valence-electron chi connectivity index (χ1n) is 6.17. The van der Waals surface area contributed by atoms with E-state index in [1.165, 1.54) is 0 Å². The van der Waals surface area contributed by atoms with Gasteiger partial charge < -0.3 is 9.84 Å². The Bertz CT molecular complexity index is 654. The van der Waals surface area contributed by atoms with Crippen LogP contribution in [-0.4, -0.2) is 11.1 Å². The maximum absolute atomic E-state index is 11.3. The molecular formula is C16H15ClO3. The molecule has 0 unspecified atom stereocenters. The van der Waals surface area contributed by atoms with Crippen LogP contribution in [0.15, 0.2) is 30.3 Å². The Morgan fingerprint density at radius 2 is 1.70 bits per heavy atom. The van der Waals surface area contributed by atoms with E-state index in [-0.39, 0.29) is 5.56 Å². The SMILES string of the molecule is Cc1ccc(Oc2c(C)cc(Cl)cc2C)c(C(=O)O)c1. The van der Waals surface area contributed by atoms with Crippen molar-refractivity contribution in [1.82, 2.24) is 0 Å². The largest absolute Gasteiger partial charge is 0.478 e. The third-order valence-corrected chi connectivity index (χ3v) is 3.22. The molecule has 2 aromatic rings. The van der Waals surface area contributed by atoms with Gasteiger partial charge in [0.25, 0.3) is 0 Å². The lowest BCUT2D eigenvalue weighted by Crippen LogP contribution is -2.02. The quantitative estimate of drug-likeness (QED) is 0.887. The van der Waals surface area contributed by atoms with E-state index >= 15 is 0 Å². The Morgan fingerprint density at radius 1 is 1.10 bits per heavy atom. The van der Waals surface area contributed by atoms with Crippen LogP contribution in [0, 0.1) is 20.8 Å². The molecule has 0 aromatic heterocycles. The number of aromatic carboxylic acids is 1. The molecule has 2 rings (SSSR count). The smallest absolute Gasteiger partial charge is 0.339 e. The van der Waals surface area contributed by atoms with Gasteiger partial charge in [-0.05, 0) is 56.2 Å². The summed E-state index contributed by atoms with van der Waals surface area (Å²) in [5, 5.41) is 9.88. The second-order valence-electron chi connectivity index (χ2n) is 4.78. The molecule has 3 nitrogen and oxygen atoms in total. The monoisotopic (exact) mass is 290 g/mol. The van der Waals surface area contributed by atoms with Crippen LogP contribution >= 0.6 is 11.6 Å². The first kappa shape index (κ1) is 14.4. The maximum Gasteiger partial charge on any atom is 0.339 e. The molecule has 0 heterocycles. The predicted octanol–water partition coefficient (Wildman–Crippen LogP) is 4.76. The summed E-state index contributed by atoms with van der Waals surface area (Å²) in [6, 6.07) is 8.67. The minimum absolute atomic E-state index is 0.152. The maximum atomic E-state index is 11.3. The van der Waals surface area contributed by atoms with Gasteiger partial charge in [0.2, 0.25) is 0 Å². The average molecular weight is 291 g/mol. The predicted molar refractivity (Wildman–Crippen MR) is 79.1 cm³/mol. The lowest BCUT2D eigenvalue weighted by Gasteiger charge is -2.14. The lowest BCUT2D eigenvalue weighted by molar-refractivity contribution is 0.0694. The van der Waals surface area contributed by atoms with E-state index in [0.717, 1.165) is 16.7 Å². The van der Waals surface area contributed by atoms with Gasteiger partial charge in [-0.2, -0.15) is 0 Å². The summed E-state index contributed by atoms with van der Waals surface area (Å²) in [6.45, 7) is 5.60. The minimum atomic E-state index is -1.01. The molecule has 0 aliphatic rings. The van der Waals surface area contributed by atoms with Crippen molar-refractivity contribution in [2.75, 3.05) is 0 Å². The molecule has 0 bridgehead atoms. The Hall–Kier alpha value is -2.00. The van der Waals surface area contributed by atoms with Gasteiger partial charge in [-0.3, -0.25) is 0 Å². The Labute approximate surface area is 122 Å². The molecule has 0 saturated heterocycles. The second-order valence-corrected chi connectivity index (χ2v) is 5.21. The Balaban J connectivity index is 2.48. The van der Waals surface area contributed by atoms with Crippen LogP contribution in [0.2, 0.25) is 5.02 Å². The summed E-state index contributed by atoms with van der Waals surface area (Å²) < 4.78 is 5.80. The zero-order valence-electron chi connectivity index (χ0n) is 11.5. The molecule has 0 radical (unpaired) electrons. The molecule has 104 valence electrons. The van der Waals surface area contributed by atoms with Gasteiger partial charge in [-0.1, -0.05) is 23.2 Å². The van der Waals surface area contributed by atoms with Gasteiger partial charge in [0, 0.05) is 5.02 Å². The molecular weight excluding hydrogens is 276 g/mol. The van der Waals surface area contributed by atoms with Crippen molar-refractivity contribution in [2.24, 2.45) is 0 Å². The van der Waals surface area contributed by atoms with E-state index in [9.17, 15) is 9.90 Å². The van der Waals surface area contributed by atoms with Crippen molar-refractivity contribution >= 4 is 17.6 Å². The number of carboxylic acids is 1. The van der Waals surface area contributed by atoms with E-state index in [0.29, 0.717) is 16.5 Å². The molecule has 0 saturated carbocycles. The third kappa shape index (κ3) is 2.94. The van der Waals surface area contributed by atoms with Crippen LogP contribution in [-0.2, 0) is 0 Å². The van der Waals surface area contributed by atoms with Crippen molar-refractivity contribution < 1.29 is 14.6 Å². The van der Waals surface area contributed by atoms with Crippen molar-refractivity contribution in [3.8, 4) is 11.5 Å². The Kier molecular flexibility index (Phi) is 4.00. The highest BCUT2D eigenvalue weighted by Gasteiger charge is 2.14. The summed E-state index contributed by atoms with van der Waals surface area (Å²) in [5.41, 5.74) is 2.76. The van der Waals surface area contributed by atoms with Gasteiger partial charge in [0.05, 0.1) is 0 Å². The number of ether oxygens (including phenoxy) is 1. The van der Waals surface area contributed by atoms with Crippen LogP contribution < -0.4 is 4.74 Å². The van der Waals surface area contributed by atoms with E-state index < -0.39 is 5.97 Å². The van der Waals surface area contributed by atoms with E-state index in [2.05, 4.69) is 0 Å². The van der Waals surface area contributed by atoms with E-state index in [1.807, 2.05) is 26.8 Å². The number of halogens is 1. The van der Waals surface area contributed by atoms with Crippen LogP contribution in [0.4, 0.5) is 0 Å². The lowest BCUT2D eigenvalue weighted by atomic mass is 10.1. The highest BCUT2D eigenvalue weighted by Crippen LogP contribution is 2.33. The molecule has 0 aliphatic carbocycles. The molecule has 4 heteroatoms. The molecule has 0 spiro atoms. The molecule has 2 aromatic carbocycles. The molecule has 0 aliphatic heterocycles. The van der Waals surface area contributed by atoms with Crippen LogP contribution in [0.5, 0.6) is 11.5 Å². The fourth-order valence-corrected chi connectivity index (χ4v) is 2.40. The van der Waals surface area contributed by atoms with Crippen LogP contribution in [0.3, 0.4) is 0 Å². The average Bonchev–Trinajstić information content (AvgIpc) is 2.34. The second kappa shape index (κ2) is 5.55. The fourth-order valence-electron chi connectivity index (χ4n) is 2.07. The molecule has 20 heavy (non-hydrogen) atoms. The van der Waals surface area contributed by atoms with Crippen molar-refractivity contribution in [1.29, 1.82) is 0 Å². The zero-order chi connectivity index (χ0) is 14.9. The highest BCUT2D eigenvalue weighted by atomic mass is 35.5.